The average Bonchev–Trinajstić information content (AvgIpc) is 3.23. The number of pyridine rings is 1. The summed E-state index contributed by atoms with van der Waals surface area (Å²) in [7, 11) is 0. The number of H-pyrrole nitrogens is 1. The minimum Gasteiger partial charge on any atom is -0.475 e. The first-order valence-electron chi connectivity index (χ1n) is 10.6. The SMILES string of the molecule is NC(Cc1cccc(F)c1)C(=O)N1CCCC(c2c[nH]c3ncccc23)C1.O=C(O)C(F)(F)F. The van der Waals surface area contributed by atoms with Crippen LogP contribution in [0.15, 0.2) is 48.8 Å². The second-order valence-corrected chi connectivity index (χ2v) is 8.01. The van der Waals surface area contributed by atoms with Gasteiger partial charge in [0.2, 0.25) is 5.91 Å². The molecule has 4 N–H and O–H groups in total. The molecule has 3 aromatic rings. The van der Waals surface area contributed by atoms with Crippen molar-refractivity contribution in [3.05, 3.63) is 65.7 Å². The van der Waals surface area contributed by atoms with E-state index in [0.717, 1.165) is 29.4 Å². The first kappa shape index (κ1) is 25.2. The van der Waals surface area contributed by atoms with Gasteiger partial charge in [0, 0.05) is 36.8 Å². The second-order valence-electron chi connectivity index (χ2n) is 8.01. The molecule has 182 valence electrons. The fraction of sp³-hybridized carbons (Fsp3) is 0.348. The lowest BCUT2D eigenvalue weighted by Gasteiger charge is -2.34. The maximum absolute atomic E-state index is 13.4. The minimum absolute atomic E-state index is 0.0677. The molecule has 0 saturated carbocycles. The summed E-state index contributed by atoms with van der Waals surface area (Å²) in [6.45, 7) is 1.37. The van der Waals surface area contributed by atoms with Crippen LogP contribution >= 0.6 is 0 Å². The standard InChI is InChI=1S/C21H23FN4O.C2HF3O2/c22-16-6-1-4-14(10-16)11-19(23)21(27)26-9-3-5-15(13-26)18-12-25-20-17(18)7-2-8-24-20;3-2(4,5)1(6)7/h1-2,4,6-8,10,12,15,19H,3,5,9,11,13,23H2,(H,24,25);(H,6,7). The number of aromatic amines is 1. The summed E-state index contributed by atoms with van der Waals surface area (Å²) in [4.78, 5) is 31.2. The molecule has 2 unspecified atom stereocenters. The summed E-state index contributed by atoms with van der Waals surface area (Å²) >= 11 is 0. The lowest BCUT2D eigenvalue weighted by molar-refractivity contribution is -0.192. The first-order chi connectivity index (χ1) is 16.1. The van der Waals surface area contributed by atoms with Gasteiger partial charge >= 0.3 is 12.1 Å². The number of alkyl halides is 3. The monoisotopic (exact) mass is 480 g/mol. The lowest BCUT2D eigenvalue weighted by Crippen LogP contribution is -2.48. The maximum atomic E-state index is 13.4. The number of piperidine rings is 1. The number of benzene rings is 1. The Morgan fingerprint density at radius 2 is 2.00 bits per heavy atom. The maximum Gasteiger partial charge on any atom is 0.490 e. The van der Waals surface area contributed by atoms with Gasteiger partial charge < -0.3 is 20.7 Å². The van der Waals surface area contributed by atoms with Crippen molar-refractivity contribution in [3.63, 3.8) is 0 Å². The molecule has 0 bridgehead atoms. The van der Waals surface area contributed by atoms with Crippen molar-refractivity contribution >= 4 is 22.9 Å². The van der Waals surface area contributed by atoms with E-state index >= 15 is 0 Å². The molecule has 1 aliphatic heterocycles. The van der Waals surface area contributed by atoms with Crippen LogP contribution in [0.3, 0.4) is 0 Å². The summed E-state index contributed by atoms with van der Waals surface area (Å²) in [5, 5.41) is 8.24. The van der Waals surface area contributed by atoms with Crippen molar-refractivity contribution in [1.29, 1.82) is 0 Å². The number of aromatic nitrogens is 2. The number of amides is 1. The van der Waals surface area contributed by atoms with E-state index < -0.39 is 18.2 Å². The third-order valence-corrected chi connectivity index (χ3v) is 5.56. The molecule has 34 heavy (non-hydrogen) atoms. The molecule has 4 rings (SSSR count). The average molecular weight is 480 g/mol. The number of rotatable bonds is 4. The number of aliphatic carboxylic acids is 1. The number of likely N-dealkylation sites (tertiary alicyclic amines) is 1. The Morgan fingerprint density at radius 3 is 2.68 bits per heavy atom. The molecule has 1 amide bonds. The van der Waals surface area contributed by atoms with Gasteiger partial charge in [-0.2, -0.15) is 13.2 Å². The lowest BCUT2D eigenvalue weighted by atomic mass is 9.90. The van der Waals surface area contributed by atoms with Crippen LogP contribution in [0.25, 0.3) is 11.0 Å². The molecule has 2 aromatic heterocycles. The van der Waals surface area contributed by atoms with Gasteiger partial charge in [-0.3, -0.25) is 4.79 Å². The topological polar surface area (TPSA) is 112 Å². The van der Waals surface area contributed by atoms with E-state index in [-0.39, 0.29) is 17.6 Å². The summed E-state index contributed by atoms with van der Waals surface area (Å²) in [6.07, 6.45) is 1.00. The zero-order chi connectivity index (χ0) is 24.9. The van der Waals surface area contributed by atoms with E-state index in [2.05, 4.69) is 16.0 Å². The molecule has 0 spiro atoms. The third kappa shape index (κ3) is 6.31. The van der Waals surface area contributed by atoms with Gasteiger partial charge in [0.15, 0.2) is 0 Å². The molecule has 1 aliphatic rings. The number of halogens is 4. The predicted octanol–water partition coefficient (Wildman–Crippen LogP) is 3.61. The molecular formula is C23H24F4N4O3. The van der Waals surface area contributed by atoms with Crippen LogP contribution in [0.2, 0.25) is 0 Å². The number of carbonyl (C=O) groups is 2. The van der Waals surface area contributed by atoms with Crippen molar-refractivity contribution in [2.24, 2.45) is 5.73 Å². The number of nitrogens with two attached hydrogens (primary N) is 1. The highest BCUT2D eigenvalue weighted by molar-refractivity contribution is 5.83. The van der Waals surface area contributed by atoms with Crippen molar-refractivity contribution in [3.8, 4) is 0 Å². The largest absolute Gasteiger partial charge is 0.490 e. The molecule has 1 fully saturated rings. The Hall–Kier alpha value is -3.47. The number of hydrogen-bond donors (Lipinski definition) is 3. The van der Waals surface area contributed by atoms with Crippen LogP contribution < -0.4 is 5.73 Å². The zero-order valence-electron chi connectivity index (χ0n) is 18.1. The van der Waals surface area contributed by atoms with E-state index in [1.165, 1.54) is 17.7 Å². The van der Waals surface area contributed by atoms with Crippen molar-refractivity contribution < 1.29 is 32.3 Å². The Balaban J connectivity index is 0.000000406. The van der Waals surface area contributed by atoms with Gasteiger partial charge in [-0.15, -0.1) is 0 Å². The summed E-state index contributed by atoms with van der Waals surface area (Å²) in [6, 6.07) is 9.60. The molecule has 7 nitrogen and oxygen atoms in total. The van der Waals surface area contributed by atoms with E-state index in [0.29, 0.717) is 19.5 Å². The number of carboxylic acid groups (broad SMARTS) is 1. The van der Waals surface area contributed by atoms with Crippen LogP contribution in [0.4, 0.5) is 17.6 Å². The summed E-state index contributed by atoms with van der Waals surface area (Å²) in [5.74, 6) is -2.87. The number of fused-ring (bicyclic) bond motifs is 1. The summed E-state index contributed by atoms with van der Waals surface area (Å²) in [5.41, 5.74) is 8.97. The molecule has 0 aliphatic carbocycles. The van der Waals surface area contributed by atoms with Crippen molar-refractivity contribution in [2.45, 2.75) is 37.4 Å². The Morgan fingerprint density at radius 1 is 1.26 bits per heavy atom. The Kier molecular flexibility index (Phi) is 7.87. The molecule has 2 atom stereocenters. The van der Waals surface area contributed by atoms with E-state index in [9.17, 15) is 22.4 Å². The van der Waals surface area contributed by atoms with Gasteiger partial charge in [0.05, 0.1) is 6.04 Å². The quantitative estimate of drug-likeness (QED) is 0.494. The van der Waals surface area contributed by atoms with Crippen LogP contribution in [-0.4, -0.2) is 57.2 Å². The van der Waals surface area contributed by atoms with Gasteiger partial charge in [-0.25, -0.2) is 14.2 Å². The van der Waals surface area contributed by atoms with Gasteiger partial charge in [0.25, 0.3) is 0 Å². The molecule has 1 aromatic carbocycles. The van der Waals surface area contributed by atoms with Crippen LogP contribution in [0.5, 0.6) is 0 Å². The van der Waals surface area contributed by atoms with E-state index in [1.807, 2.05) is 17.2 Å². The highest BCUT2D eigenvalue weighted by Crippen LogP contribution is 2.31. The zero-order valence-corrected chi connectivity index (χ0v) is 18.1. The number of nitrogens with zero attached hydrogens (tertiary/aromatic N) is 2. The third-order valence-electron chi connectivity index (χ3n) is 5.56. The second kappa shape index (κ2) is 10.6. The van der Waals surface area contributed by atoms with E-state index in [4.69, 9.17) is 15.6 Å². The van der Waals surface area contributed by atoms with Crippen molar-refractivity contribution in [1.82, 2.24) is 14.9 Å². The Bertz CT molecular complexity index is 1150. The van der Waals surface area contributed by atoms with Gasteiger partial charge in [-0.05, 0) is 54.7 Å². The van der Waals surface area contributed by atoms with Crippen molar-refractivity contribution in [2.75, 3.05) is 13.1 Å². The first-order valence-corrected chi connectivity index (χ1v) is 10.6. The number of nitrogens with one attached hydrogen (secondary N) is 1. The van der Waals surface area contributed by atoms with Crippen LogP contribution in [0, 0.1) is 5.82 Å². The fourth-order valence-corrected chi connectivity index (χ4v) is 3.99. The molecule has 0 radical (unpaired) electrons. The van der Waals surface area contributed by atoms with E-state index in [1.54, 1.807) is 18.3 Å². The number of hydrogen-bond acceptors (Lipinski definition) is 4. The van der Waals surface area contributed by atoms with Gasteiger partial charge in [-0.1, -0.05) is 12.1 Å². The number of carbonyl (C=O) groups excluding carboxylic acids is 1. The minimum atomic E-state index is -5.08. The van der Waals surface area contributed by atoms with Crippen LogP contribution in [0.1, 0.15) is 29.9 Å². The molecule has 11 heteroatoms. The normalized spacial score (nSPS) is 17.1. The molecule has 3 heterocycles. The van der Waals surface area contributed by atoms with Gasteiger partial charge in [0.1, 0.15) is 11.5 Å². The Labute approximate surface area is 192 Å². The molecular weight excluding hydrogens is 456 g/mol. The smallest absolute Gasteiger partial charge is 0.475 e. The predicted molar refractivity (Wildman–Crippen MR) is 116 cm³/mol. The van der Waals surface area contributed by atoms with Crippen LogP contribution in [-0.2, 0) is 16.0 Å². The molecule has 1 saturated heterocycles. The fourth-order valence-electron chi connectivity index (χ4n) is 3.99. The summed E-state index contributed by atoms with van der Waals surface area (Å²) < 4.78 is 45.1. The highest BCUT2D eigenvalue weighted by atomic mass is 19.4. The number of carboxylic acids is 1. The highest BCUT2D eigenvalue weighted by Gasteiger charge is 2.38.